The van der Waals surface area contributed by atoms with E-state index in [1.165, 1.54) is 0 Å². The molecule has 0 fully saturated rings. The van der Waals surface area contributed by atoms with E-state index in [1.54, 1.807) is 35.2 Å². The van der Waals surface area contributed by atoms with Crippen molar-refractivity contribution in [2.75, 3.05) is 6.54 Å². The predicted molar refractivity (Wildman–Crippen MR) is 119 cm³/mol. The van der Waals surface area contributed by atoms with Crippen molar-refractivity contribution in [3.05, 3.63) is 58.9 Å². The molecule has 3 aromatic rings. The first-order valence-electron chi connectivity index (χ1n) is 10.2. The molecule has 0 saturated carbocycles. The Morgan fingerprint density at radius 2 is 1.84 bits per heavy atom. The fourth-order valence-corrected chi connectivity index (χ4v) is 3.51. The number of amides is 1. The van der Waals surface area contributed by atoms with Gasteiger partial charge in [-0.05, 0) is 57.2 Å². The molecule has 2 heterocycles. The molecule has 0 atom stereocenters. The summed E-state index contributed by atoms with van der Waals surface area (Å²) in [5.41, 5.74) is 0.734. The number of hydrogen-bond donors (Lipinski definition) is 0. The number of nitrogens with zero attached hydrogens (tertiary/aromatic N) is 4. The molecule has 0 spiro atoms. The molecule has 1 aliphatic rings. The molecule has 0 bridgehead atoms. The van der Waals surface area contributed by atoms with E-state index in [0.717, 1.165) is 11.8 Å². The molecule has 0 radical (unpaired) electrons. The Morgan fingerprint density at radius 3 is 2.53 bits per heavy atom. The van der Waals surface area contributed by atoms with Crippen molar-refractivity contribution in [3.8, 4) is 22.9 Å². The molecule has 1 aliphatic heterocycles. The number of aldehydes is 1. The minimum absolute atomic E-state index is 0.340. The first kappa shape index (κ1) is 21.8. The van der Waals surface area contributed by atoms with Gasteiger partial charge in [0.15, 0.2) is 17.9 Å². The average molecular weight is 455 g/mol. The van der Waals surface area contributed by atoms with Crippen LogP contribution in [0.25, 0.3) is 11.4 Å². The van der Waals surface area contributed by atoms with Crippen LogP contribution in [0.2, 0.25) is 5.02 Å². The molecule has 9 heteroatoms. The van der Waals surface area contributed by atoms with Gasteiger partial charge in [-0.3, -0.25) is 9.69 Å². The Balaban J connectivity index is 1.49. The van der Waals surface area contributed by atoms with Crippen LogP contribution >= 0.6 is 11.6 Å². The molecule has 0 aliphatic carbocycles. The van der Waals surface area contributed by atoms with Gasteiger partial charge in [0, 0.05) is 29.7 Å². The lowest BCUT2D eigenvalue weighted by molar-refractivity contribution is 0.0195. The molecule has 0 N–H and O–H groups in total. The van der Waals surface area contributed by atoms with Crippen molar-refractivity contribution in [2.45, 2.75) is 39.5 Å². The molecule has 4 rings (SSSR count). The van der Waals surface area contributed by atoms with Crippen molar-refractivity contribution in [1.29, 1.82) is 0 Å². The van der Waals surface area contributed by atoms with Gasteiger partial charge in [0.1, 0.15) is 17.1 Å². The Labute approximate surface area is 190 Å². The highest BCUT2D eigenvalue weighted by Gasteiger charge is 2.28. The lowest BCUT2D eigenvalue weighted by atomic mass is 10.2. The quantitative estimate of drug-likeness (QED) is 0.518. The molecule has 0 unspecified atom stereocenters. The first-order valence-corrected chi connectivity index (χ1v) is 10.5. The van der Waals surface area contributed by atoms with Gasteiger partial charge in [-0.25, -0.2) is 4.79 Å². The van der Waals surface area contributed by atoms with Crippen LogP contribution < -0.4 is 4.74 Å². The van der Waals surface area contributed by atoms with Gasteiger partial charge in [-0.2, -0.15) is 0 Å². The van der Waals surface area contributed by atoms with E-state index >= 15 is 0 Å². The summed E-state index contributed by atoms with van der Waals surface area (Å²) < 4.78 is 13.3. The summed E-state index contributed by atoms with van der Waals surface area (Å²) in [6.07, 6.45) is 0.369. The maximum absolute atomic E-state index is 12.4. The summed E-state index contributed by atoms with van der Waals surface area (Å²) in [5.74, 6) is 2.37. The lowest BCUT2D eigenvalue weighted by Crippen LogP contribution is -2.41. The molecular formula is C23H23ClN4O4. The summed E-state index contributed by atoms with van der Waals surface area (Å²) in [5, 5.41) is 9.07. The number of rotatable bonds is 4. The molecule has 32 heavy (non-hydrogen) atoms. The minimum Gasteiger partial charge on any atom is -0.457 e. The van der Waals surface area contributed by atoms with E-state index in [2.05, 4.69) is 10.2 Å². The summed E-state index contributed by atoms with van der Waals surface area (Å²) in [4.78, 5) is 25.2. The summed E-state index contributed by atoms with van der Waals surface area (Å²) in [6, 6.07) is 12.2. The second-order valence-corrected chi connectivity index (χ2v) is 8.86. The van der Waals surface area contributed by atoms with Gasteiger partial charge < -0.3 is 14.0 Å². The monoisotopic (exact) mass is 454 g/mol. The molecule has 1 aromatic heterocycles. The van der Waals surface area contributed by atoms with Crippen molar-refractivity contribution in [1.82, 2.24) is 19.7 Å². The highest BCUT2D eigenvalue weighted by Crippen LogP contribution is 2.30. The molecule has 2 aromatic carbocycles. The Hall–Kier alpha value is -3.39. The number of aromatic nitrogens is 3. The number of hydrogen-bond acceptors (Lipinski definition) is 6. The highest BCUT2D eigenvalue weighted by molar-refractivity contribution is 6.30. The van der Waals surface area contributed by atoms with Crippen LogP contribution in [0.15, 0.2) is 42.5 Å². The van der Waals surface area contributed by atoms with Crippen LogP contribution in [-0.4, -0.2) is 44.2 Å². The van der Waals surface area contributed by atoms with Gasteiger partial charge in [0.25, 0.3) is 0 Å². The van der Waals surface area contributed by atoms with Crippen molar-refractivity contribution in [3.63, 3.8) is 0 Å². The molecular weight excluding hydrogens is 432 g/mol. The van der Waals surface area contributed by atoms with Gasteiger partial charge >= 0.3 is 6.09 Å². The number of carbonyl (C=O) groups excluding carboxylic acids is 2. The van der Waals surface area contributed by atoms with E-state index in [4.69, 9.17) is 21.1 Å². The van der Waals surface area contributed by atoms with E-state index in [1.807, 2.05) is 37.5 Å². The number of benzene rings is 2. The van der Waals surface area contributed by atoms with Crippen LogP contribution in [0.5, 0.6) is 11.5 Å². The lowest BCUT2D eigenvalue weighted by Gasteiger charge is -2.30. The summed E-state index contributed by atoms with van der Waals surface area (Å²) >= 11 is 6.02. The topological polar surface area (TPSA) is 86.6 Å². The van der Waals surface area contributed by atoms with Gasteiger partial charge in [-0.15, -0.1) is 10.2 Å². The number of carbonyl (C=O) groups is 2. The number of ether oxygens (including phenoxy) is 2. The largest absolute Gasteiger partial charge is 0.457 e. The van der Waals surface area contributed by atoms with E-state index in [0.29, 0.717) is 53.4 Å². The second kappa shape index (κ2) is 8.63. The van der Waals surface area contributed by atoms with Gasteiger partial charge in [0.05, 0.1) is 12.1 Å². The average Bonchev–Trinajstić information content (AvgIpc) is 3.16. The number of fused-ring (bicyclic) bond motifs is 1. The van der Waals surface area contributed by atoms with Crippen LogP contribution in [-0.2, 0) is 17.8 Å². The maximum Gasteiger partial charge on any atom is 0.410 e. The number of halogens is 1. The van der Waals surface area contributed by atoms with E-state index < -0.39 is 5.60 Å². The summed E-state index contributed by atoms with van der Waals surface area (Å²) in [6.45, 7) is 6.95. The van der Waals surface area contributed by atoms with Gasteiger partial charge in [-0.1, -0.05) is 11.6 Å². The standard InChI is InChI=1S/C23H23ClN4O4/c1-23(2,3)32-22(30)27-10-11-28-20(13-27)25-26-21(28)15-5-8-18(9-6-15)31-19-12-17(24)7-4-16(19)14-29/h4-9,12,14H,10-11,13H2,1-3H3. The smallest absolute Gasteiger partial charge is 0.410 e. The Kier molecular flexibility index (Phi) is 5.88. The maximum atomic E-state index is 12.4. The third-order valence-corrected chi connectivity index (χ3v) is 5.08. The Bertz CT molecular complexity index is 1150. The SMILES string of the molecule is CC(C)(C)OC(=O)N1CCn2c(nnc2-c2ccc(Oc3cc(Cl)ccc3C=O)cc2)C1. The zero-order valence-corrected chi connectivity index (χ0v) is 18.8. The van der Waals surface area contributed by atoms with Crippen LogP contribution in [0, 0.1) is 0 Å². The Morgan fingerprint density at radius 1 is 1.09 bits per heavy atom. The van der Waals surface area contributed by atoms with Gasteiger partial charge in [0.2, 0.25) is 0 Å². The second-order valence-electron chi connectivity index (χ2n) is 8.42. The fraction of sp³-hybridized carbons (Fsp3) is 0.304. The predicted octanol–water partition coefficient (Wildman–Crippen LogP) is 4.95. The molecule has 166 valence electrons. The third-order valence-electron chi connectivity index (χ3n) is 4.85. The first-order chi connectivity index (χ1) is 15.2. The summed E-state index contributed by atoms with van der Waals surface area (Å²) in [7, 11) is 0. The normalized spacial score (nSPS) is 13.4. The van der Waals surface area contributed by atoms with Crippen LogP contribution in [0.4, 0.5) is 4.79 Å². The zero-order chi connectivity index (χ0) is 22.9. The van der Waals surface area contributed by atoms with E-state index in [-0.39, 0.29) is 6.09 Å². The van der Waals surface area contributed by atoms with E-state index in [9.17, 15) is 9.59 Å². The minimum atomic E-state index is -0.547. The highest BCUT2D eigenvalue weighted by atomic mass is 35.5. The van der Waals surface area contributed by atoms with Crippen molar-refractivity contribution < 1.29 is 19.1 Å². The molecule has 0 saturated heterocycles. The molecule has 1 amide bonds. The van der Waals surface area contributed by atoms with Crippen molar-refractivity contribution >= 4 is 24.0 Å². The van der Waals surface area contributed by atoms with Crippen molar-refractivity contribution in [2.24, 2.45) is 0 Å². The molecule has 8 nitrogen and oxygen atoms in total. The fourth-order valence-electron chi connectivity index (χ4n) is 3.35. The zero-order valence-electron chi connectivity index (χ0n) is 18.0. The van der Waals surface area contributed by atoms with Crippen LogP contribution in [0.1, 0.15) is 37.0 Å². The third kappa shape index (κ3) is 4.75. The van der Waals surface area contributed by atoms with Crippen LogP contribution in [0.3, 0.4) is 0 Å².